The number of nitrogens with zero attached hydrogens (tertiary/aromatic N) is 7. The van der Waals surface area contributed by atoms with Crippen molar-refractivity contribution in [3.8, 4) is 17.2 Å². The van der Waals surface area contributed by atoms with Gasteiger partial charge in [-0.2, -0.15) is 28.5 Å². The Morgan fingerprint density at radius 2 is 1.90 bits per heavy atom. The molecule has 11 nitrogen and oxygen atoms in total. The summed E-state index contributed by atoms with van der Waals surface area (Å²) in [5.41, 5.74) is -0.932. The summed E-state index contributed by atoms with van der Waals surface area (Å²) in [6.07, 6.45) is -0.783. The molecule has 15 heteroatoms. The maximum Gasteiger partial charge on any atom is 0.422 e. The zero-order valence-electron chi connectivity index (χ0n) is 22.6. The SMILES string of the molecule is CNC[C@H]1CN(c2c(NC(=O)c3cnn(-c4ccnnc4)n3)ccc(Oc3ccccc3Cl)c2C(F)(F)F)CCN1C. The lowest BCUT2D eigenvalue weighted by atomic mass is 10.0. The van der Waals surface area contributed by atoms with Gasteiger partial charge in [-0.3, -0.25) is 9.69 Å². The maximum absolute atomic E-state index is 14.9. The molecule has 42 heavy (non-hydrogen) atoms. The van der Waals surface area contributed by atoms with E-state index in [9.17, 15) is 18.0 Å². The number of para-hydroxylation sites is 1. The fourth-order valence-electron chi connectivity index (χ4n) is 4.69. The van der Waals surface area contributed by atoms with E-state index in [1.807, 2.05) is 7.05 Å². The van der Waals surface area contributed by atoms with E-state index in [0.29, 0.717) is 18.8 Å². The number of carbonyl (C=O) groups is 1. The summed E-state index contributed by atoms with van der Waals surface area (Å²) in [7, 11) is 3.71. The van der Waals surface area contributed by atoms with Crippen LogP contribution in [-0.2, 0) is 6.18 Å². The maximum atomic E-state index is 14.9. The van der Waals surface area contributed by atoms with Crippen LogP contribution in [0, 0.1) is 0 Å². The lowest BCUT2D eigenvalue weighted by molar-refractivity contribution is -0.138. The lowest BCUT2D eigenvalue weighted by Gasteiger charge is -2.42. The number of anilines is 2. The Kier molecular flexibility index (Phi) is 8.56. The molecule has 0 bridgehead atoms. The molecule has 1 amide bonds. The van der Waals surface area contributed by atoms with Gasteiger partial charge < -0.3 is 20.3 Å². The van der Waals surface area contributed by atoms with Crippen molar-refractivity contribution in [1.82, 2.24) is 35.4 Å². The number of nitrogens with one attached hydrogen (secondary N) is 2. The quantitative estimate of drug-likeness (QED) is 0.308. The Morgan fingerprint density at radius 1 is 1.10 bits per heavy atom. The van der Waals surface area contributed by atoms with Crippen LogP contribution in [0.25, 0.3) is 5.69 Å². The molecule has 220 valence electrons. The molecule has 2 aromatic heterocycles. The van der Waals surface area contributed by atoms with Crippen molar-refractivity contribution in [2.45, 2.75) is 12.2 Å². The minimum absolute atomic E-state index is 0.0493. The third-order valence-electron chi connectivity index (χ3n) is 6.79. The van der Waals surface area contributed by atoms with Gasteiger partial charge in [-0.25, -0.2) is 0 Å². The number of alkyl halides is 3. The predicted octanol–water partition coefficient (Wildman–Crippen LogP) is 4.11. The Hall–Kier alpha value is -4.27. The summed E-state index contributed by atoms with van der Waals surface area (Å²) in [5, 5.41) is 21.5. The predicted molar refractivity (Wildman–Crippen MR) is 150 cm³/mol. The molecule has 1 saturated heterocycles. The minimum atomic E-state index is -4.84. The highest BCUT2D eigenvalue weighted by molar-refractivity contribution is 6.32. The molecular formula is C27H27ClF3N9O2. The van der Waals surface area contributed by atoms with Gasteiger partial charge in [0.15, 0.2) is 5.69 Å². The van der Waals surface area contributed by atoms with Crippen LogP contribution in [0.1, 0.15) is 16.1 Å². The molecule has 5 rings (SSSR count). The summed E-state index contributed by atoms with van der Waals surface area (Å²) in [6, 6.07) is 10.3. The number of piperazine rings is 1. The zero-order chi connectivity index (χ0) is 29.9. The highest BCUT2D eigenvalue weighted by Gasteiger charge is 2.42. The number of amides is 1. The number of rotatable bonds is 8. The van der Waals surface area contributed by atoms with E-state index in [4.69, 9.17) is 16.3 Å². The number of halogens is 4. The van der Waals surface area contributed by atoms with Crippen molar-refractivity contribution in [3.05, 3.63) is 77.3 Å². The van der Waals surface area contributed by atoms with Crippen molar-refractivity contribution in [2.75, 3.05) is 50.5 Å². The molecular weight excluding hydrogens is 575 g/mol. The first-order valence-corrected chi connectivity index (χ1v) is 13.3. The normalized spacial score (nSPS) is 16.0. The minimum Gasteiger partial charge on any atom is -0.455 e. The number of ether oxygens (including phenoxy) is 1. The summed E-state index contributed by atoms with van der Waals surface area (Å²) in [6.45, 7) is 1.60. The second kappa shape index (κ2) is 12.3. The molecule has 1 aliphatic rings. The van der Waals surface area contributed by atoms with Gasteiger partial charge in [0.25, 0.3) is 5.91 Å². The molecule has 1 atom stereocenters. The van der Waals surface area contributed by atoms with Crippen molar-refractivity contribution < 1.29 is 22.7 Å². The molecule has 0 saturated carbocycles. The standard InChI is InChI=1S/C27H27ClF3N9O2/c1-32-13-18-16-39(12-11-38(18)2)25-20(36-26(41)21-15-35-40(37-21)17-9-10-33-34-14-17)7-8-23(24(25)27(29,30)31)42-22-6-4-3-5-19(22)28/h3-10,14-15,18,32H,11-13,16H2,1-2H3,(H,36,41)/t18-/m0/s1. The summed E-state index contributed by atoms with van der Waals surface area (Å²) in [5.74, 6) is -1.11. The van der Waals surface area contributed by atoms with Gasteiger partial charge >= 0.3 is 6.18 Å². The molecule has 2 aromatic carbocycles. The highest BCUT2D eigenvalue weighted by atomic mass is 35.5. The van der Waals surface area contributed by atoms with Gasteiger partial charge in [0.05, 0.1) is 35.0 Å². The molecule has 0 aliphatic carbocycles. The number of carbonyl (C=O) groups excluding carboxylic acids is 1. The number of benzene rings is 2. The summed E-state index contributed by atoms with van der Waals surface area (Å²) >= 11 is 6.20. The van der Waals surface area contributed by atoms with Gasteiger partial charge in [0.2, 0.25) is 0 Å². The van der Waals surface area contributed by atoms with Gasteiger partial charge in [-0.05, 0) is 44.4 Å². The molecule has 3 heterocycles. The van der Waals surface area contributed by atoms with Crippen LogP contribution in [0.15, 0.2) is 61.1 Å². The fourth-order valence-corrected chi connectivity index (χ4v) is 4.87. The largest absolute Gasteiger partial charge is 0.455 e. The topological polar surface area (TPSA) is 113 Å². The van der Waals surface area contributed by atoms with E-state index in [2.05, 4.69) is 35.9 Å². The van der Waals surface area contributed by atoms with E-state index < -0.39 is 23.4 Å². The van der Waals surface area contributed by atoms with Crippen LogP contribution in [0.3, 0.4) is 0 Å². The molecule has 2 N–H and O–H groups in total. The lowest BCUT2D eigenvalue weighted by Crippen LogP contribution is -2.55. The van der Waals surface area contributed by atoms with E-state index in [1.54, 1.807) is 30.1 Å². The second-order valence-electron chi connectivity index (χ2n) is 9.58. The monoisotopic (exact) mass is 601 g/mol. The van der Waals surface area contributed by atoms with E-state index in [1.165, 1.54) is 47.7 Å². The second-order valence-corrected chi connectivity index (χ2v) is 9.98. The van der Waals surface area contributed by atoms with Crippen molar-refractivity contribution >= 4 is 28.9 Å². The fraction of sp³-hybridized carbons (Fsp3) is 0.296. The molecule has 0 radical (unpaired) electrons. The van der Waals surface area contributed by atoms with Crippen LogP contribution in [0.2, 0.25) is 5.02 Å². The number of likely N-dealkylation sites (N-methyl/N-ethyl adjacent to an activating group) is 2. The van der Waals surface area contributed by atoms with E-state index in [0.717, 1.165) is 0 Å². The van der Waals surface area contributed by atoms with Crippen LogP contribution in [-0.4, -0.2) is 82.3 Å². The average Bonchev–Trinajstić information content (AvgIpc) is 3.47. The van der Waals surface area contributed by atoms with Crippen LogP contribution < -0.4 is 20.3 Å². The van der Waals surface area contributed by atoms with Crippen LogP contribution in [0.5, 0.6) is 11.5 Å². The van der Waals surface area contributed by atoms with Gasteiger partial charge in [0, 0.05) is 32.2 Å². The first kappa shape index (κ1) is 29.2. The Balaban J connectivity index is 1.57. The smallest absolute Gasteiger partial charge is 0.422 e. The van der Waals surface area contributed by atoms with Crippen molar-refractivity contribution in [3.63, 3.8) is 0 Å². The Morgan fingerprint density at radius 3 is 2.62 bits per heavy atom. The number of hydrogen-bond donors (Lipinski definition) is 2. The zero-order valence-corrected chi connectivity index (χ0v) is 23.4. The van der Waals surface area contributed by atoms with Crippen LogP contribution >= 0.6 is 11.6 Å². The van der Waals surface area contributed by atoms with Crippen LogP contribution in [0.4, 0.5) is 24.5 Å². The van der Waals surface area contributed by atoms with E-state index in [-0.39, 0.29) is 47.0 Å². The van der Waals surface area contributed by atoms with Gasteiger partial charge in [-0.1, -0.05) is 23.7 Å². The molecule has 4 aromatic rings. The third-order valence-corrected chi connectivity index (χ3v) is 7.10. The summed E-state index contributed by atoms with van der Waals surface area (Å²) < 4.78 is 50.5. The van der Waals surface area contributed by atoms with Crippen molar-refractivity contribution in [1.29, 1.82) is 0 Å². The number of aromatic nitrogens is 5. The molecule has 1 fully saturated rings. The number of hydrogen-bond acceptors (Lipinski definition) is 9. The van der Waals surface area contributed by atoms with E-state index >= 15 is 0 Å². The average molecular weight is 602 g/mol. The van der Waals surface area contributed by atoms with Gasteiger partial charge in [0.1, 0.15) is 22.7 Å². The summed E-state index contributed by atoms with van der Waals surface area (Å²) in [4.78, 5) is 18.2. The molecule has 1 aliphatic heterocycles. The highest BCUT2D eigenvalue weighted by Crippen LogP contribution is 2.48. The van der Waals surface area contributed by atoms with Crippen molar-refractivity contribution in [2.24, 2.45) is 0 Å². The van der Waals surface area contributed by atoms with Gasteiger partial charge in [-0.15, -0.1) is 9.90 Å². The first-order valence-electron chi connectivity index (χ1n) is 12.9. The Bertz CT molecular complexity index is 1550. The molecule has 0 unspecified atom stereocenters. The molecule has 0 spiro atoms. The third kappa shape index (κ3) is 6.30. The Labute approximate surface area is 244 Å². The first-order chi connectivity index (χ1) is 20.2.